The summed E-state index contributed by atoms with van der Waals surface area (Å²) < 4.78 is 0. The van der Waals surface area contributed by atoms with Gasteiger partial charge in [0.25, 0.3) is 0 Å². The minimum Gasteiger partial charge on any atom is -0.385 e. The molecular weight excluding hydrogens is 312 g/mol. The van der Waals surface area contributed by atoms with E-state index in [0.717, 1.165) is 47.0 Å². The van der Waals surface area contributed by atoms with Crippen molar-refractivity contribution in [3.8, 4) is 0 Å². The number of hydrogen-bond donors (Lipinski definition) is 1. The number of nitrogens with one attached hydrogen (secondary N) is 1. The summed E-state index contributed by atoms with van der Waals surface area (Å²) in [6.45, 7) is 0.897. The highest BCUT2D eigenvalue weighted by Crippen LogP contribution is 2.33. The van der Waals surface area contributed by atoms with E-state index in [9.17, 15) is 10.1 Å². The summed E-state index contributed by atoms with van der Waals surface area (Å²) in [5.41, 5.74) is 4.47. The lowest BCUT2D eigenvalue weighted by Gasteiger charge is -2.22. The first kappa shape index (κ1) is 15.6. The van der Waals surface area contributed by atoms with Gasteiger partial charge in [-0.2, -0.15) is 0 Å². The lowest BCUT2D eigenvalue weighted by atomic mass is 9.86. The average Bonchev–Trinajstić information content (AvgIpc) is 2.65. The quantitative estimate of drug-likeness (QED) is 0.561. The van der Waals surface area contributed by atoms with Gasteiger partial charge in [0.15, 0.2) is 0 Å². The van der Waals surface area contributed by atoms with Gasteiger partial charge in [-0.3, -0.25) is 10.1 Å². The van der Waals surface area contributed by atoms with E-state index < -0.39 is 0 Å². The maximum Gasteiger partial charge on any atom is 0.214 e. The Morgan fingerprint density at radius 2 is 1.92 bits per heavy atom. The molecule has 126 valence electrons. The van der Waals surface area contributed by atoms with Crippen molar-refractivity contribution in [1.82, 2.24) is 0 Å². The van der Waals surface area contributed by atoms with Crippen molar-refractivity contribution in [3.05, 3.63) is 87.5 Å². The van der Waals surface area contributed by atoms with E-state index in [0.29, 0.717) is 0 Å². The van der Waals surface area contributed by atoms with E-state index in [1.807, 2.05) is 30.3 Å². The van der Waals surface area contributed by atoms with Crippen LogP contribution in [0.3, 0.4) is 0 Å². The molecule has 0 amide bonds. The van der Waals surface area contributed by atoms with Gasteiger partial charge in [-0.1, -0.05) is 54.6 Å². The van der Waals surface area contributed by atoms with Crippen LogP contribution in [0.15, 0.2) is 60.7 Å². The molecule has 25 heavy (non-hydrogen) atoms. The molecular formula is C21H20N2O2. The van der Waals surface area contributed by atoms with Crippen molar-refractivity contribution >= 4 is 16.5 Å². The molecule has 1 atom stereocenters. The Balaban J connectivity index is 1.84. The number of aryl methyl sites for hydroxylation is 1. The number of hydrogen-bond acceptors (Lipinski definition) is 3. The highest BCUT2D eigenvalue weighted by molar-refractivity contribution is 5.86. The van der Waals surface area contributed by atoms with Crippen molar-refractivity contribution in [3.63, 3.8) is 0 Å². The summed E-state index contributed by atoms with van der Waals surface area (Å²) in [5.74, 6) is -0.242. The molecule has 1 aliphatic heterocycles. The Morgan fingerprint density at radius 1 is 1.08 bits per heavy atom. The van der Waals surface area contributed by atoms with Crippen molar-refractivity contribution in [1.29, 1.82) is 0 Å². The van der Waals surface area contributed by atoms with Gasteiger partial charge in [0.05, 0.1) is 5.92 Å². The third-order valence-corrected chi connectivity index (χ3v) is 5.00. The van der Waals surface area contributed by atoms with Crippen LogP contribution in [0.4, 0.5) is 5.69 Å². The van der Waals surface area contributed by atoms with Gasteiger partial charge in [-0.25, -0.2) is 0 Å². The normalized spacial score (nSPS) is 14.6. The first-order valence-corrected chi connectivity index (χ1v) is 8.68. The van der Waals surface area contributed by atoms with Crippen LogP contribution in [-0.4, -0.2) is 18.0 Å². The molecule has 4 nitrogen and oxygen atoms in total. The lowest BCUT2D eigenvalue weighted by Crippen LogP contribution is -2.16. The maximum atomic E-state index is 11.4. The summed E-state index contributed by atoms with van der Waals surface area (Å²) in [7, 11) is 0. The predicted molar refractivity (Wildman–Crippen MR) is 101 cm³/mol. The van der Waals surface area contributed by atoms with Crippen LogP contribution in [0.5, 0.6) is 0 Å². The molecule has 1 aliphatic rings. The van der Waals surface area contributed by atoms with E-state index in [1.54, 1.807) is 0 Å². The van der Waals surface area contributed by atoms with Gasteiger partial charge in [0.1, 0.15) is 0 Å². The summed E-state index contributed by atoms with van der Waals surface area (Å²) in [4.78, 5) is 11.2. The lowest BCUT2D eigenvalue weighted by molar-refractivity contribution is -0.481. The minimum atomic E-state index is -0.242. The molecule has 1 N–H and O–H groups in total. The first-order chi connectivity index (χ1) is 12.2. The SMILES string of the molecule is O=[N+]([O-])C[C@H](c1ccc2c(c1)CCCN2)c1cccc2ccccc12. The van der Waals surface area contributed by atoms with Crippen LogP contribution in [-0.2, 0) is 6.42 Å². The molecule has 3 aromatic rings. The molecule has 1 heterocycles. The van der Waals surface area contributed by atoms with Crippen molar-refractivity contribution < 1.29 is 4.92 Å². The van der Waals surface area contributed by atoms with Gasteiger partial charge in [-0.05, 0) is 46.4 Å². The number of nitrogens with zero attached hydrogens (tertiary/aromatic N) is 1. The molecule has 0 spiro atoms. The second-order valence-electron chi connectivity index (χ2n) is 6.58. The molecule has 0 aliphatic carbocycles. The molecule has 0 fully saturated rings. The average molecular weight is 332 g/mol. The van der Waals surface area contributed by atoms with Gasteiger partial charge in [0.2, 0.25) is 6.54 Å². The highest BCUT2D eigenvalue weighted by Gasteiger charge is 2.23. The molecule has 0 saturated heterocycles. The van der Waals surface area contributed by atoms with E-state index in [2.05, 4.69) is 35.6 Å². The molecule has 0 saturated carbocycles. The van der Waals surface area contributed by atoms with E-state index >= 15 is 0 Å². The summed E-state index contributed by atoms with van der Waals surface area (Å²) >= 11 is 0. The smallest absolute Gasteiger partial charge is 0.214 e. The summed E-state index contributed by atoms with van der Waals surface area (Å²) in [6.07, 6.45) is 2.13. The summed E-state index contributed by atoms with van der Waals surface area (Å²) in [6, 6.07) is 20.4. The number of benzene rings is 3. The minimum absolute atomic E-state index is 0.0970. The van der Waals surface area contributed by atoms with Crippen LogP contribution in [0.1, 0.15) is 29.0 Å². The van der Waals surface area contributed by atoms with Gasteiger partial charge >= 0.3 is 0 Å². The zero-order valence-electron chi connectivity index (χ0n) is 13.9. The molecule has 0 unspecified atom stereocenters. The second-order valence-corrected chi connectivity index (χ2v) is 6.58. The number of nitro groups is 1. The Labute approximate surface area is 146 Å². The van der Waals surface area contributed by atoms with Crippen molar-refractivity contribution in [2.75, 3.05) is 18.4 Å². The molecule has 3 aromatic carbocycles. The topological polar surface area (TPSA) is 55.2 Å². The van der Waals surface area contributed by atoms with Crippen LogP contribution >= 0.6 is 0 Å². The Hall–Kier alpha value is -2.88. The molecule has 4 heteroatoms. The molecule has 0 bridgehead atoms. The fourth-order valence-corrected chi connectivity index (χ4v) is 3.80. The fraction of sp³-hybridized carbons (Fsp3) is 0.238. The van der Waals surface area contributed by atoms with Gasteiger partial charge in [0, 0.05) is 17.2 Å². The monoisotopic (exact) mass is 332 g/mol. The number of anilines is 1. The van der Waals surface area contributed by atoms with Crippen molar-refractivity contribution in [2.45, 2.75) is 18.8 Å². The van der Waals surface area contributed by atoms with E-state index in [-0.39, 0.29) is 17.4 Å². The van der Waals surface area contributed by atoms with E-state index in [4.69, 9.17) is 0 Å². The van der Waals surface area contributed by atoms with Gasteiger partial charge in [-0.15, -0.1) is 0 Å². The molecule has 0 aromatic heterocycles. The van der Waals surface area contributed by atoms with Crippen LogP contribution in [0.25, 0.3) is 10.8 Å². The van der Waals surface area contributed by atoms with Crippen LogP contribution in [0, 0.1) is 10.1 Å². The maximum absolute atomic E-state index is 11.4. The molecule has 0 radical (unpaired) electrons. The summed E-state index contributed by atoms with van der Waals surface area (Å²) in [5, 5.41) is 17.0. The Kier molecular flexibility index (Phi) is 4.10. The molecule has 4 rings (SSSR count). The largest absolute Gasteiger partial charge is 0.385 e. The number of rotatable bonds is 4. The predicted octanol–water partition coefficient (Wildman–Crippen LogP) is 4.61. The second kappa shape index (κ2) is 6.55. The van der Waals surface area contributed by atoms with Crippen molar-refractivity contribution in [2.24, 2.45) is 0 Å². The van der Waals surface area contributed by atoms with Crippen LogP contribution in [0.2, 0.25) is 0 Å². The highest BCUT2D eigenvalue weighted by atomic mass is 16.6. The zero-order chi connectivity index (χ0) is 17.2. The standard InChI is InChI=1S/C21H20N2O2/c24-23(25)14-20(16-10-11-21-17(13-16)7-4-12-22-21)19-9-3-6-15-5-1-2-8-18(15)19/h1-3,5-6,8-11,13,20,22H,4,7,12,14H2/t20-/m1/s1. The Morgan fingerprint density at radius 3 is 2.80 bits per heavy atom. The van der Waals surface area contributed by atoms with E-state index in [1.165, 1.54) is 5.56 Å². The van der Waals surface area contributed by atoms with Gasteiger partial charge < -0.3 is 5.32 Å². The third-order valence-electron chi connectivity index (χ3n) is 5.00. The van der Waals surface area contributed by atoms with Crippen LogP contribution < -0.4 is 5.32 Å². The third kappa shape index (κ3) is 3.07. The fourth-order valence-electron chi connectivity index (χ4n) is 3.80. The Bertz CT molecular complexity index is 931. The zero-order valence-corrected chi connectivity index (χ0v) is 13.9. The first-order valence-electron chi connectivity index (χ1n) is 8.68. The number of fused-ring (bicyclic) bond motifs is 2.